The van der Waals surface area contributed by atoms with Crippen LogP contribution >= 0.6 is 13.5 Å². The fourth-order valence-corrected chi connectivity index (χ4v) is 2.21. The summed E-state index contributed by atoms with van der Waals surface area (Å²) in [7, 11) is 0. The average molecular weight is 269 g/mol. The number of nitrogens with two attached hydrogens (primary N) is 1. The normalized spacial score (nSPS) is 24.6. The molecule has 4 nitrogen and oxygen atoms in total. The Bertz CT molecular complexity index is 358. The van der Waals surface area contributed by atoms with E-state index in [1.54, 1.807) is 0 Å². The van der Waals surface area contributed by atoms with E-state index in [0.717, 1.165) is 25.3 Å². The minimum absolute atomic E-state index is 0. The summed E-state index contributed by atoms with van der Waals surface area (Å²) in [6.07, 6.45) is 3.13. The summed E-state index contributed by atoms with van der Waals surface area (Å²) in [5.74, 6) is 0.559. The molecule has 1 aromatic rings. The van der Waals surface area contributed by atoms with Crippen LogP contribution in [0.5, 0.6) is 0 Å². The van der Waals surface area contributed by atoms with Gasteiger partial charge in [-0.25, -0.2) is 4.98 Å². The van der Waals surface area contributed by atoms with Crippen molar-refractivity contribution in [2.75, 3.05) is 25.4 Å². The molecule has 2 rings (SSSR count). The summed E-state index contributed by atoms with van der Waals surface area (Å²) in [5, 5.41) is 0. The van der Waals surface area contributed by atoms with Crippen LogP contribution in [0.25, 0.3) is 0 Å². The first-order valence-electron chi connectivity index (χ1n) is 6.27. The van der Waals surface area contributed by atoms with E-state index in [1.807, 2.05) is 18.3 Å². The third kappa shape index (κ3) is 3.60. The van der Waals surface area contributed by atoms with Crippen molar-refractivity contribution in [3.63, 3.8) is 0 Å². The molecule has 18 heavy (non-hydrogen) atoms. The Hall–Kier alpha value is -0.780. The van der Waals surface area contributed by atoms with E-state index in [1.165, 1.54) is 6.42 Å². The van der Waals surface area contributed by atoms with Crippen LogP contribution in [0.2, 0.25) is 0 Å². The second-order valence-corrected chi connectivity index (χ2v) is 4.68. The van der Waals surface area contributed by atoms with E-state index in [2.05, 4.69) is 23.7 Å². The Labute approximate surface area is 116 Å². The van der Waals surface area contributed by atoms with Crippen LogP contribution in [0.3, 0.4) is 0 Å². The number of nitrogens with zero attached hydrogens (tertiary/aromatic N) is 2. The summed E-state index contributed by atoms with van der Waals surface area (Å²) in [5.41, 5.74) is 6.71. The van der Waals surface area contributed by atoms with Gasteiger partial charge in [-0.1, -0.05) is 13.0 Å². The topological polar surface area (TPSA) is 51.4 Å². The Kier molecular flexibility index (Phi) is 5.91. The fourth-order valence-electron chi connectivity index (χ4n) is 2.21. The largest absolute Gasteiger partial charge is 0.384 e. The molecular formula is C13H23N3OS. The molecular weight excluding hydrogens is 246 g/mol. The summed E-state index contributed by atoms with van der Waals surface area (Å²) in [6.45, 7) is 7.29. The number of anilines is 1. The fraction of sp³-hybridized carbons (Fsp3) is 0.615. The molecule has 0 aromatic carbocycles. The molecule has 0 saturated carbocycles. The van der Waals surface area contributed by atoms with E-state index in [0.29, 0.717) is 11.9 Å². The van der Waals surface area contributed by atoms with E-state index in [-0.39, 0.29) is 19.6 Å². The molecule has 102 valence electrons. The number of morpholine rings is 1. The van der Waals surface area contributed by atoms with Gasteiger partial charge in [0.25, 0.3) is 0 Å². The molecule has 1 aromatic heterocycles. The van der Waals surface area contributed by atoms with Gasteiger partial charge in [-0.05, 0) is 26.0 Å². The van der Waals surface area contributed by atoms with Gasteiger partial charge in [0.15, 0.2) is 0 Å². The van der Waals surface area contributed by atoms with Gasteiger partial charge in [-0.3, -0.25) is 4.90 Å². The van der Waals surface area contributed by atoms with E-state index >= 15 is 0 Å². The second-order valence-electron chi connectivity index (χ2n) is 4.68. The zero-order chi connectivity index (χ0) is 12.3. The van der Waals surface area contributed by atoms with Crippen molar-refractivity contribution in [1.82, 2.24) is 9.88 Å². The first-order chi connectivity index (χ1) is 8.20. The standard InChI is InChI=1S/C13H21N3O.H2S/c1-3-6-16-8-12(17-9-10(16)2)11-4-5-13(14)15-7-11;/h4-5,7,10,12H,3,6,8-9H2,1-2H3,(H2,14,15);1H2/t10-,12?;/m0./s1. The Balaban J connectivity index is 0.00000162. The van der Waals surface area contributed by atoms with Gasteiger partial charge in [0.2, 0.25) is 0 Å². The molecule has 1 aliphatic heterocycles. The highest BCUT2D eigenvalue weighted by atomic mass is 32.1. The molecule has 2 heterocycles. The molecule has 1 aliphatic rings. The number of ether oxygens (including phenoxy) is 1. The van der Waals surface area contributed by atoms with Crippen LogP contribution in [-0.4, -0.2) is 35.6 Å². The zero-order valence-corrected chi connectivity index (χ0v) is 12.1. The minimum atomic E-state index is 0. The lowest BCUT2D eigenvalue weighted by Crippen LogP contribution is -2.45. The third-order valence-electron chi connectivity index (χ3n) is 3.25. The van der Waals surface area contributed by atoms with Gasteiger partial charge in [0.05, 0.1) is 12.7 Å². The van der Waals surface area contributed by atoms with Crippen LogP contribution in [-0.2, 0) is 4.74 Å². The zero-order valence-electron chi connectivity index (χ0n) is 11.1. The maximum atomic E-state index is 5.87. The maximum absolute atomic E-state index is 5.87. The molecule has 0 aliphatic carbocycles. The third-order valence-corrected chi connectivity index (χ3v) is 3.25. The lowest BCUT2D eigenvalue weighted by molar-refractivity contribution is -0.0599. The molecule has 1 unspecified atom stereocenters. The smallest absolute Gasteiger partial charge is 0.123 e. The second kappa shape index (κ2) is 6.97. The van der Waals surface area contributed by atoms with E-state index in [9.17, 15) is 0 Å². The number of rotatable bonds is 3. The minimum Gasteiger partial charge on any atom is -0.384 e. The number of hydrogen-bond acceptors (Lipinski definition) is 4. The molecule has 2 atom stereocenters. The predicted molar refractivity (Wildman–Crippen MR) is 79.0 cm³/mol. The SMILES string of the molecule is CCCN1CC(c2ccc(N)nc2)OC[C@@H]1C.S. The van der Waals surface area contributed by atoms with Gasteiger partial charge in [-0.15, -0.1) is 0 Å². The molecule has 0 amide bonds. The van der Waals surface area contributed by atoms with E-state index in [4.69, 9.17) is 10.5 Å². The van der Waals surface area contributed by atoms with Crippen LogP contribution in [0, 0.1) is 0 Å². The van der Waals surface area contributed by atoms with Crippen molar-refractivity contribution in [3.8, 4) is 0 Å². The highest BCUT2D eigenvalue weighted by Crippen LogP contribution is 2.24. The van der Waals surface area contributed by atoms with Crippen molar-refractivity contribution in [1.29, 1.82) is 0 Å². The summed E-state index contributed by atoms with van der Waals surface area (Å²) in [6, 6.07) is 4.35. The van der Waals surface area contributed by atoms with Crippen molar-refractivity contribution in [2.24, 2.45) is 0 Å². The van der Waals surface area contributed by atoms with Gasteiger partial charge >= 0.3 is 0 Å². The van der Waals surface area contributed by atoms with Gasteiger partial charge in [-0.2, -0.15) is 13.5 Å². The lowest BCUT2D eigenvalue weighted by atomic mass is 10.1. The quantitative estimate of drug-likeness (QED) is 0.911. The molecule has 0 spiro atoms. The molecule has 2 N–H and O–H groups in total. The number of aromatic nitrogens is 1. The number of nitrogen functional groups attached to an aromatic ring is 1. The molecule has 1 fully saturated rings. The van der Waals surface area contributed by atoms with E-state index < -0.39 is 0 Å². The van der Waals surface area contributed by atoms with Crippen LogP contribution in [0.4, 0.5) is 5.82 Å². The van der Waals surface area contributed by atoms with Gasteiger partial charge in [0.1, 0.15) is 5.82 Å². The average Bonchev–Trinajstić information content (AvgIpc) is 2.33. The highest BCUT2D eigenvalue weighted by molar-refractivity contribution is 7.59. The lowest BCUT2D eigenvalue weighted by Gasteiger charge is -2.38. The highest BCUT2D eigenvalue weighted by Gasteiger charge is 2.26. The van der Waals surface area contributed by atoms with Crippen LogP contribution in [0.15, 0.2) is 18.3 Å². The molecule has 0 radical (unpaired) electrons. The molecule has 1 saturated heterocycles. The number of hydrogen-bond donors (Lipinski definition) is 1. The molecule has 5 heteroatoms. The maximum Gasteiger partial charge on any atom is 0.123 e. The van der Waals surface area contributed by atoms with Crippen molar-refractivity contribution >= 4 is 19.3 Å². The summed E-state index contributed by atoms with van der Waals surface area (Å²) in [4.78, 5) is 6.60. The van der Waals surface area contributed by atoms with Gasteiger partial charge < -0.3 is 10.5 Å². The van der Waals surface area contributed by atoms with Crippen LogP contribution < -0.4 is 5.73 Å². The monoisotopic (exact) mass is 269 g/mol. The Morgan fingerprint density at radius 2 is 2.28 bits per heavy atom. The Morgan fingerprint density at radius 3 is 2.89 bits per heavy atom. The first kappa shape index (κ1) is 15.3. The summed E-state index contributed by atoms with van der Waals surface area (Å²) >= 11 is 0. The molecule has 0 bridgehead atoms. The summed E-state index contributed by atoms with van der Waals surface area (Å²) < 4.78 is 5.87. The van der Waals surface area contributed by atoms with Crippen molar-refractivity contribution < 1.29 is 4.74 Å². The van der Waals surface area contributed by atoms with Crippen molar-refractivity contribution in [3.05, 3.63) is 23.9 Å². The predicted octanol–water partition coefficient (Wildman–Crippen LogP) is 1.95. The van der Waals surface area contributed by atoms with Crippen LogP contribution in [0.1, 0.15) is 31.9 Å². The first-order valence-corrected chi connectivity index (χ1v) is 6.27. The Morgan fingerprint density at radius 1 is 1.50 bits per heavy atom. The van der Waals surface area contributed by atoms with Gasteiger partial charge in [0, 0.05) is 24.3 Å². The number of pyridine rings is 1. The van der Waals surface area contributed by atoms with Crippen molar-refractivity contribution in [2.45, 2.75) is 32.4 Å².